The van der Waals surface area contributed by atoms with E-state index in [2.05, 4.69) is 146 Å². The smallest absolute Gasteiger partial charge is 0.164 e. The first-order chi connectivity index (χ1) is 27.7. The highest BCUT2D eigenvalue weighted by atomic mass is 32.2. The Bertz CT molecular complexity index is 3080. The van der Waals surface area contributed by atoms with E-state index in [-0.39, 0.29) is 0 Å². The molecular formula is C51H30N4S. The lowest BCUT2D eigenvalue weighted by atomic mass is 9.67. The highest BCUT2D eigenvalue weighted by Gasteiger charge is 2.50. The van der Waals surface area contributed by atoms with Crippen LogP contribution in [-0.2, 0) is 5.41 Å². The maximum absolute atomic E-state index is 9.50. The second kappa shape index (κ2) is 12.7. The summed E-state index contributed by atoms with van der Waals surface area (Å²) in [5.74, 6) is 1.89. The van der Waals surface area contributed by atoms with Crippen LogP contribution in [0.4, 0.5) is 0 Å². The van der Waals surface area contributed by atoms with E-state index < -0.39 is 5.41 Å². The number of nitrogens with zero attached hydrogens (tertiary/aromatic N) is 4. The molecular weight excluding hydrogens is 701 g/mol. The molecule has 1 aliphatic carbocycles. The first-order valence-electron chi connectivity index (χ1n) is 18.7. The molecule has 0 saturated heterocycles. The van der Waals surface area contributed by atoms with Crippen molar-refractivity contribution in [3.05, 3.63) is 210 Å². The summed E-state index contributed by atoms with van der Waals surface area (Å²) < 4.78 is 0. The van der Waals surface area contributed by atoms with E-state index in [4.69, 9.17) is 15.0 Å². The van der Waals surface area contributed by atoms with Gasteiger partial charge in [-0.25, -0.2) is 15.0 Å². The van der Waals surface area contributed by atoms with Crippen LogP contribution in [0.5, 0.6) is 0 Å². The van der Waals surface area contributed by atoms with Crippen molar-refractivity contribution in [1.82, 2.24) is 15.0 Å². The molecule has 56 heavy (non-hydrogen) atoms. The molecule has 0 saturated carbocycles. The Morgan fingerprint density at radius 2 is 0.964 bits per heavy atom. The van der Waals surface area contributed by atoms with E-state index >= 15 is 0 Å². The molecule has 1 unspecified atom stereocenters. The van der Waals surface area contributed by atoms with Gasteiger partial charge in [0, 0.05) is 26.5 Å². The summed E-state index contributed by atoms with van der Waals surface area (Å²) in [6, 6.07) is 66.4. The molecule has 9 aromatic rings. The molecule has 8 aromatic carbocycles. The zero-order valence-electron chi connectivity index (χ0n) is 30.0. The Hall–Kier alpha value is -7.13. The highest BCUT2D eigenvalue weighted by Crippen LogP contribution is 2.62. The molecule has 0 amide bonds. The third-order valence-corrected chi connectivity index (χ3v) is 12.4. The summed E-state index contributed by atoms with van der Waals surface area (Å²) in [5.41, 5.74) is 12.4. The van der Waals surface area contributed by atoms with Gasteiger partial charge in [0.05, 0.1) is 17.0 Å². The monoisotopic (exact) mass is 730 g/mol. The Morgan fingerprint density at radius 1 is 0.393 bits per heavy atom. The van der Waals surface area contributed by atoms with Crippen molar-refractivity contribution in [3.63, 3.8) is 0 Å². The SMILES string of the molecule is N#Cc1ccc(-c2ccc3c(c2)C2(c4ccccc4S3)c3ccccc3-c3ccc(-c4nc(-c5ccccc5)nc(-c5ccc6ccccc6c5)n4)cc32)cc1. The maximum atomic E-state index is 9.50. The summed E-state index contributed by atoms with van der Waals surface area (Å²) in [5, 5.41) is 11.8. The average molecular weight is 731 g/mol. The van der Waals surface area contributed by atoms with E-state index in [9.17, 15) is 5.26 Å². The fourth-order valence-electron chi connectivity index (χ4n) is 8.64. The van der Waals surface area contributed by atoms with Crippen LogP contribution in [0.25, 0.3) is 67.2 Å². The van der Waals surface area contributed by atoms with Gasteiger partial charge in [0.25, 0.3) is 0 Å². The molecule has 1 spiro atoms. The quantitative estimate of drug-likeness (QED) is 0.180. The lowest BCUT2D eigenvalue weighted by Crippen LogP contribution is -2.32. The Labute approximate surface area is 328 Å². The van der Waals surface area contributed by atoms with Gasteiger partial charge in [-0.2, -0.15) is 5.26 Å². The minimum atomic E-state index is -0.599. The largest absolute Gasteiger partial charge is 0.208 e. The molecule has 1 aliphatic heterocycles. The molecule has 2 aliphatic rings. The average Bonchev–Trinajstić information content (AvgIpc) is 3.56. The van der Waals surface area contributed by atoms with E-state index in [1.54, 1.807) is 0 Å². The molecule has 0 bridgehead atoms. The van der Waals surface area contributed by atoms with Crippen molar-refractivity contribution in [3.8, 4) is 62.5 Å². The van der Waals surface area contributed by atoms with Crippen LogP contribution < -0.4 is 0 Å². The molecule has 4 nitrogen and oxygen atoms in total. The van der Waals surface area contributed by atoms with Crippen LogP contribution >= 0.6 is 11.8 Å². The fourth-order valence-corrected chi connectivity index (χ4v) is 9.81. The van der Waals surface area contributed by atoms with Gasteiger partial charge < -0.3 is 0 Å². The molecule has 260 valence electrons. The van der Waals surface area contributed by atoms with Crippen LogP contribution in [0.3, 0.4) is 0 Å². The van der Waals surface area contributed by atoms with Crippen LogP contribution in [0.15, 0.2) is 192 Å². The van der Waals surface area contributed by atoms with Gasteiger partial charge in [-0.3, -0.25) is 0 Å². The van der Waals surface area contributed by atoms with Gasteiger partial charge in [0.2, 0.25) is 0 Å². The summed E-state index contributed by atoms with van der Waals surface area (Å²) in [6.45, 7) is 0. The third-order valence-electron chi connectivity index (χ3n) is 11.2. The van der Waals surface area contributed by atoms with Gasteiger partial charge in [-0.05, 0) is 97.7 Å². The Kier molecular flexibility index (Phi) is 7.35. The molecule has 1 aromatic heterocycles. The third kappa shape index (κ3) is 4.97. The molecule has 5 heteroatoms. The van der Waals surface area contributed by atoms with Gasteiger partial charge in [0.15, 0.2) is 17.5 Å². The second-order valence-corrected chi connectivity index (χ2v) is 15.4. The minimum Gasteiger partial charge on any atom is -0.208 e. The van der Waals surface area contributed by atoms with Crippen LogP contribution in [0, 0.1) is 11.3 Å². The number of benzene rings is 8. The predicted molar refractivity (Wildman–Crippen MR) is 225 cm³/mol. The fraction of sp³-hybridized carbons (Fsp3) is 0.0196. The maximum Gasteiger partial charge on any atom is 0.164 e. The number of hydrogen-bond donors (Lipinski definition) is 0. The summed E-state index contributed by atoms with van der Waals surface area (Å²) in [4.78, 5) is 17.9. The molecule has 0 radical (unpaired) electrons. The predicted octanol–water partition coefficient (Wildman–Crippen LogP) is 12.4. The van der Waals surface area contributed by atoms with Gasteiger partial charge in [-0.1, -0.05) is 151 Å². The van der Waals surface area contributed by atoms with E-state index in [1.165, 1.54) is 48.6 Å². The van der Waals surface area contributed by atoms with Crippen molar-refractivity contribution < 1.29 is 0 Å². The molecule has 1 atom stereocenters. The molecule has 11 rings (SSSR count). The first kappa shape index (κ1) is 32.3. The molecule has 2 heterocycles. The second-order valence-electron chi connectivity index (χ2n) is 14.3. The number of rotatable bonds is 4. The van der Waals surface area contributed by atoms with Gasteiger partial charge >= 0.3 is 0 Å². The minimum absolute atomic E-state index is 0.599. The number of fused-ring (bicyclic) bond motifs is 10. The molecule has 0 fully saturated rings. The van der Waals surface area contributed by atoms with Crippen LogP contribution in [0.2, 0.25) is 0 Å². The number of aromatic nitrogens is 3. The summed E-state index contributed by atoms with van der Waals surface area (Å²) >= 11 is 1.83. The topological polar surface area (TPSA) is 62.5 Å². The van der Waals surface area contributed by atoms with Crippen LogP contribution in [-0.4, -0.2) is 15.0 Å². The van der Waals surface area contributed by atoms with E-state index in [0.29, 0.717) is 23.0 Å². The zero-order valence-corrected chi connectivity index (χ0v) is 30.8. The van der Waals surface area contributed by atoms with Crippen molar-refractivity contribution in [1.29, 1.82) is 5.26 Å². The van der Waals surface area contributed by atoms with Crippen molar-refractivity contribution in [2.24, 2.45) is 0 Å². The van der Waals surface area contributed by atoms with Crippen molar-refractivity contribution in [2.45, 2.75) is 15.2 Å². The zero-order chi connectivity index (χ0) is 37.2. The standard InChI is InChI=1S/C51H30N4S/c52-31-32-18-20-34(21-19-32)37-25-27-47-45(29-37)51(43-16-8-9-17-46(43)56-47)42-15-7-6-14-40(42)41-26-24-39(30-44(41)51)50-54-48(35-11-2-1-3-12-35)53-49(55-50)38-23-22-33-10-4-5-13-36(33)28-38/h1-30H. The van der Waals surface area contributed by atoms with E-state index in [0.717, 1.165) is 33.2 Å². The van der Waals surface area contributed by atoms with Gasteiger partial charge in [-0.15, -0.1) is 0 Å². The summed E-state index contributed by atoms with van der Waals surface area (Å²) in [7, 11) is 0. The lowest BCUT2D eigenvalue weighted by molar-refractivity contribution is 0.723. The molecule has 0 N–H and O–H groups in total. The highest BCUT2D eigenvalue weighted by molar-refractivity contribution is 7.99. The Morgan fingerprint density at radius 3 is 1.77 bits per heavy atom. The van der Waals surface area contributed by atoms with Crippen molar-refractivity contribution in [2.75, 3.05) is 0 Å². The Balaban J connectivity index is 1.16. The summed E-state index contributed by atoms with van der Waals surface area (Å²) in [6.07, 6.45) is 0. The van der Waals surface area contributed by atoms with Gasteiger partial charge in [0.1, 0.15) is 0 Å². The first-order valence-corrected chi connectivity index (χ1v) is 19.5. The lowest BCUT2D eigenvalue weighted by Gasteiger charge is -2.40. The van der Waals surface area contributed by atoms with Crippen molar-refractivity contribution >= 4 is 22.5 Å². The van der Waals surface area contributed by atoms with E-state index in [1.807, 2.05) is 54.2 Å². The number of nitriles is 1. The normalized spacial score (nSPS) is 14.8. The van der Waals surface area contributed by atoms with Crippen LogP contribution in [0.1, 0.15) is 27.8 Å². The number of hydrogen-bond acceptors (Lipinski definition) is 5.